The highest BCUT2D eigenvalue weighted by Gasteiger charge is 2.46. The standard InChI is InChI=1S/C27H35FN2O4S/c1-27(2)25(17-19-7-9-20(10-8-19)21-11-14-29-15-12-21)35(32,33)30-26(34-27)18-22(13-16-31)23-5-3-4-6-24(23)28/h3-10,21-22,25,29,31H,11-18H2,1-2H3/t22-,25+/m1/s1. The van der Waals surface area contributed by atoms with Crippen molar-refractivity contribution in [2.45, 2.75) is 68.6 Å². The first-order valence-corrected chi connectivity index (χ1v) is 13.9. The lowest BCUT2D eigenvalue weighted by Gasteiger charge is -2.38. The fourth-order valence-electron chi connectivity index (χ4n) is 5.22. The van der Waals surface area contributed by atoms with Crippen LogP contribution in [-0.4, -0.2) is 50.0 Å². The summed E-state index contributed by atoms with van der Waals surface area (Å²) in [7, 11) is -3.86. The number of aliphatic hydroxyl groups excluding tert-OH is 1. The minimum absolute atomic E-state index is 0.0641. The van der Waals surface area contributed by atoms with Crippen molar-refractivity contribution in [3.63, 3.8) is 0 Å². The van der Waals surface area contributed by atoms with Gasteiger partial charge in [0.15, 0.2) is 0 Å². The summed E-state index contributed by atoms with van der Waals surface area (Å²) in [5.74, 6) is -0.230. The van der Waals surface area contributed by atoms with Crippen molar-refractivity contribution in [3.05, 3.63) is 71.0 Å². The van der Waals surface area contributed by atoms with Crippen LogP contribution < -0.4 is 5.32 Å². The lowest BCUT2D eigenvalue weighted by atomic mass is 9.89. The van der Waals surface area contributed by atoms with Gasteiger partial charge in [0.05, 0.1) is 0 Å². The molecule has 0 aromatic heterocycles. The first kappa shape index (κ1) is 25.8. The van der Waals surface area contributed by atoms with Crippen molar-refractivity contribution in [2.24, 2.45) is 4.40 Å². The third kappa shape index (κ3) is 6.11. The molecular weight excluding hydrogens is 467 g/mol. The van der Waals surface area contributed by atoms with E-state index in [-0.39, 0.29) is 25.3 Å². The van der Waals surface area contributed by atoms with Gasteiger partial charge in [0.1, 0.15) is 16.7 Å². The van der Waals surface area contributed by atoms with E-state index in [2.05, 4.69) is 21.8 Å². The van der Waals surface area contributed by atoms with Crippen LogP contribution in [0.4, 0.5) is 4.39 Å². The monoisotopic (exact) mass is 502 g/mol. The molecule has 1 saturated heterocycles. The van der Waals surface area contributed by atoms with Gasteiger partial charge in [-0.2, -0.15) is 0 Å². The quantitative estimate of drug-likeness (QED) is 0.562. The fourth-order valence-corrected chi connectivity index (χ4v) is 6.91. The average molecular weight is 503 g/mol. The highest BCUT2D eigenvalue weighted by Crippen LogP contribution is 2.35. The third-order valence-corrected chi connectivity index (χ3v) is 9.11. The predicted molar refractivity (Wildman–Crippen MR) is 136 cm³/mol. The van der Waals surface area contributed by atoms with Crippen molar-refractivity contribution in [2.75, 3.05) is 19.7 Å². The molecule has 2 aliphatic rings. The average Bonchev–Trinajstić information content (AvgIpc) is 2.82. The summed E-state index contributed by atoms with van der Waals surface area (Å²) in [6, 6.07) is 14.6. The minimum Gasteiger partial charge on any atom is -0.473 e. The number of ether oxygens (including phenoxy) is 1. The normalized spacial score (nSPS) is 22.7. The molecule has 2 aromatic carbocycles. The Kier molecular flexibility index (Phi) is 7.93. The van der Waals surface area contributed by atoms with Gasteiger partial charge in [-0.3, -0.25) is 0 Å². The fraction of sp³-hybridized carbons (Fsp3) is 0.519. The molecule has 2 heterocycles. The first-order chi connectivity index (χ1) is 16.7. The lowest BCUT2D eigenvalue weighted by molar-refractivity contribution is 0.0797. The Bertz CT molecular complexity index is 1140. The molecule has 35 heavy (non-hydrogen) atoms. The molecule has 2 atom stereocenters. The van der Waals surface area contributed by atoms with Crippen LogP contribution in [0, 0.1) is 5.82 Å². The van der Waals surface area contributed by atoms with Gasteiger partial charge in [-0.05, 0) is 87.2 Å². The zero-order valence-electron chi connectivity index (χ0n) is 20.4. The Hall–Kier alpha value is -2.29. The Morgan fingerprint density at radius 1 is 1.14 bits per heavy atom. The van der Waals surface area contributed by atoms with E-state index in [0.29, 0.717) is 17.9 Å². The predicted octanol–water partition coefficient (Wildman–Crippen LogP) is 4.30. The zero-order valence-corrected chi connectivity index (χ0v) is 21.2. The summed E-state index contributed by atoms with van der Waals surface area (Å²) in [6.45, 7) is 5.41. The number of piperidine rings is 1. The Morgan fingerprint density at radius 3 is 2.46 bits per heavy atom. The van der Waals surface area contributed by atoms with Crippen LogP contribution in [0.1, 0.15) is 68.1 Å². The van der Waals surface area contributed by atoms with E-state index < -0.39 is 32.6 Å². The molecule has 0 aliphatic carbocycles. The van der Waals surface area contributed by atoms with Gasteiger partial charge >= 0.3 is 0 Å². The van der Waals surface area contributed by atoms with Crippen molar-refractivity contribution < 1.29 is 22.7 Å². The Labute approximate surface area is 207 Å². The van der Waals surface area contributed by atoms with E-state index in [9.17, 15) is 17.9 Å². The van der Waals surface area contributed by atoms with Crippen molar-refractivity contribution in [1.82, 2.24) is 5.32 Å². The van der Waals surface area contributed by atoms with Gasteiger partial charge in [0.25, 0.3) is 10.0 Å². The van der Waals surface area contributed by atoms with Crippen LogP contribution in [0.25, 0.3) is 0 Å². The number of benzene rings is 2. The molecule has 0 radical (unpaired) electrons. The summed E-state index contributed by atoms with van der Waals surface area (Å²) >= 11 is 0. The Morgan fingerprint density at radius 2 is 1.83 bits per heavy atom. The zero-order chi connectivity index (χ0) is 25.1. The second kappa shape index (κ2) is 10.8. The SMILES string of the molecule is CC1(C)OC(C[C@@H](CCO)c2ccccc2F)=NS(=O)(=O)[C@H]1Cc1ccc(C2CCNCC2)cc1. The van der Waals surface area contributed by atoms with E-state index in [1.807, 2.05) is 12.1 Å². The first-order valence-electron chi connectivity index (χ1n) is 12.4. The molecule has 4 rings (SSSR count). The molecule has 8 heteroatoms. The van der Waals surface area contributed by atoms with Gasteiger partial charge in [-0.15, -0.1) is 4.40 Å². The topological polar surface area (TPSA) is 88.0 Å². The third-order valence-electron chi connectivity index (χ3n) is 7.20. The van der Waals surface area contributed by atoms with Crippen LogP contribution in [0.15, 0.2) is 52.9 Å². The van der Waals surface area contributed by atoms with Crippen LogP contribution in [0.5, 0.6) is 0 Å². The van der Waals surface area contributed by atoms with Gasteiger partial charge in [0.2, 0.25) is 5.90 Å². The molecule has 0 unspecified atom stereocenters. The van der Waals surface area contributed by atoms with E-state index in [0.717, 1.165) is 31.5 Å². The minimum atomic E-state index is -3.86. The summed E-state index contributed by atoms with van der Waals surface area (Å²) in [5.41, 5.74) is 1.62. The molecule has 2 aliphatic heterocycles. The van der Waals surface area contributed by atoms with E-state index in [1.54, 1.807) is 32.0 Å². The molecule has 0 saturated carbocycles. The molecule has 2 aromatic rings. The van der Waals surface area contributed by atoms with E-state index in [1.165, 1.54) is 11.6 Å². The number of rotatable bonds is 8. The number of sulfonamides is 1. The molecule has 0 spiro atoms. The van der Waals surface area contributed by atoms with Crippen LogP contribution in [0.3, 0.4) is 0 Å². The Balaban J connectivity index is 1.52. The molecule has 0 amide bonds. The number of nitrogens with zero attached hydrogens (tertiary/aromatic N) is 1. The van der Waals surface area contributed by atoms with Crippen LogP contribution >= 0.6 is 0 Å². The van der Waals surface area contributed by atoms with Gasteiger partial charge in [0, 0.05) is 13.0 Å². The van der Waals surface area contributed by atoms with Gasteiger partial charge in [-0.25, -0.2) is 12.8 Å². The second-order valence-electron chi connectivity index (χ2n) is 10.1. The molecular formula is C27H35FN2O4S. The van der Waals surface area contributed by atoms with Crippen molar-refractivity contribution >= 4 is 15.9 Å². The lowest BCUT2D eigenvalue weighted by Crippen LogP contribution is -2.50. The summed E-state index contributed by atoms with van der Waals surface area (Å²) in [5, 5.41) is 12.0. The number of hydrogen-bond donors (Lipinski definition) is 2. The van der Waals surface area contributed by atoms with Crippen molar-refractivity contribution in [1.29, 1.82) is 0 Å². The molecule has 6 nitrogen and oxygen atoms in total. The number of aliphatic hydroxyl groups is 1. The number of halogens is 1. The maximum absolute atomic E-state index is 14.4. The maximum atomic E-state index is 14.4. The molecule has 2 N–H and O–H groups in total. The van der Waals surface area contributed by atoms with Crippen LogP contribution in [-0.2, 0) is 21.2 Å². The largest absolute Gasteiger partial charge is 0.473 e. The van der Waals surface area contributed by atoms with Crippen molar-refractivity contribution in [3.8, 4) is 0 Å². The smallest absolute Gasteiger partial charge is 0.263 e. The van der Waals surface area contributed by atoms with Crippen LogP contribution in [0.2, 0.25) is 0 Å². The van der Waals surface area contributed by atoms with E-state index >= 15 is 0 Å². The maximum Gasteiger partial charge on any atom is 0.263 e. The van der Waals surface area contributed by atoms with Gasteiger partial charge in [-0.1, -0.05) is 42.5 Å². The second-order valence-corrected chi connectivity index (χ2v) is 11.9. The molecule has 190 valence electrons. The highest BCUT2D eigenvalue weighted by atomic mass is 32.2. The summed E-state index contributed by atoms with van der Waals surface area (Å²) < 4.78 is 51.1. The van der Waals surface area contributed by atoms with Gasteiger partial charge < -0.3 is 15.2 Å². The molecule has 0 bridgehead atoms. The number of nitrogens with one attached hydrogen (secondary N) is 1. The highest BCUT2D eigenvalue weighted by molar-refractivity contribution is 7.91. The summed E-state index contributed by atoms with van der Waals surface area (Å²) in [4.78, 5) is 0. The van der Waals surface area contributed by atoms with E-state index in [4.69, 9.17) is 4.74 Å². The summed E-state index contributed by atoms with van der Waals surface area (Å²) in [6.07, 6.45) is 2.89. The number of hydrogen-bond acceptors (Lipinski definition) is 5. The molecule has 1 fully saturated rings.